The van der Waals surface area contributed by atoms with Crippen LogP contribution in [-0.2, 0) is 21.4 Å². The Morgan fingerprint density at radius 1 is 1.29 bits per heavy atom. The maximum atomic E-state index is 12.1. The minimum atomic E-state index is -3.68. The summed E-state index contributed by atoms with van der Waals surface area (Å²) in [6, 6.07) is 9.79. The molecule has 0 aromatic heterocycles. The number of carbonyl (C=O) groups is 1. The molecule has 0 radical (unpaired) electrons. The van der Waals surface area contributed by atoms with E-state index >= 15 is 0 Å². The first kappa shape index (κ1) is 15.2. The van der Waals surface area contributed by atoms with E-state index in [0.29, 0.717) is 13.0 Å². The lowest BCUT2D eigenvalue weighted by Crippen LogP contribution is -2.34. The molecule has 1 heterocycles. The molecule has 0 fully saturated rings. The summed E-state index contributed by atoms with van der Waals surface area (Å²) in [7, 11) is -2.33. The molecule has 0 bridgehead atoms. The molecule has 1 aliphatic heterocycles. The fourth-order valence-electron chi connectivity index (χ4n) is 1.91. The van der Waals surface area contributed by atoms with Crippen LogP contribution in [0.3, 0.4) is 0 Å². The number of nitrogens with one attached hydrogen (secondary N) is 1. The molecule has 0 aliphatic carbocycles. The van der Waals surface area contributed by atoms with Gasteiger partial charge in [0.1, 0.15) is 0 Å². The van der Waals surface area contributed by atoms with Gasteiger partial charge in [-0.05, 0) is 18.9 Å². The highest BCUT2D eigenvalue weighted by atomic mass is 32.2. The highest BCUT2D eigenvalue weighted by molar-refractivity contribution is 7.88. The van der Waals surface area contributed by atoms with Gasteiger partial charge in [0, 0.05) is 19.8 Å². The Morgan fingerprint density at radius 2 is 1.95 bits per heavy atom. The van der Waals surface area contributed by atoms with Gasteiger partial charge < -0.3 is 5.32 Å². The van der Waals surface area contributed by atoms with Crippen LogP contribution in [0.1, 0.15) is 12.5 Å². The van der Waals surface area contributed by atoms with E-state index in [9.17, 15) is 13.2 Å². The largest absolute Gasteiger partial charge is 0.352 e. The van der Waals surface area contributed by atoms with Crippen LogP contribution in [0.15, 0.2) is 46.5 Å². The van der Waals surface area contributed by atoms with Crippen LogP contribution in [-0.4, -0.2) is 37.9 Å². The average molecular weight is 307 g/mol. The quantitative estimate of drug-likeness (QED) is 0.897. The number of nitrogens with zero attached hydrogens (tertiary/aromatic N) is 2. The number of carbonyl (C=O) groups excluding carboxylic acids is 1. The van der Waals surface area contributed by atoms with Gasteiger partial charge >= 0.3 is 10.2 Å². The highest BCUT2D eigenvalue weighted by Crippen LogP contribution is 2.14. The molecule has 7 heteroatoms. The van der Waals surface area contributed by atoms with Crippen molar-refractivity contribution < 1.29 is 13.2 Å². The summed E-state index contributed by atoms with van der Waals surface area (Å²) in [4.78, 5) is 12.1. The van der Waals surface area contributed by atoms with Crippen molar-refractivity contribution in [1.82, 2.24) is 9.62 Å². The van der Waals surface area contributed by atoms with Gasteiger partial charge in [0.05, 0.1) is 11.3 Å². The summed E-state index contributed by atoms with van der Waals surface area (Å²) in [5.41, 5.74) is 1.59. The van der Waals surface area contributed by atoms with E-state index in [1.165, 1.54) is 20.2 Å². The standard InChI is InChI=1S/C14H17N3O3S/c1-11-13(10-17(2)21(19,20)16-11)14(18)15-9-8-12-6-4-3-5-7-12/h3-7,10H,8-9H2,1-2H3,(H,15,18). The van der Waals surface area contributed by atoms with Gasteiger partial charge in [-0.1, -0.05) is 30.3 Å². The van der Waals surface area contributed by atoms with Crippen LogP contribution >= 0.6 is 0 Å². The van der Waals surface area contributed by atoms with Gasteiger partial charge in [0.15, 0.2) is 0 Å². The number of rotatable bonds is 4. The fourth-order valence-corrected chi connectivity index (χ4v) is 2.72. The summed E-state index contributed by atoms with van der Waals surface area (Å²) in [6.07, 6.45) is 2.00. The number of amides is 1. The van der Waals surface area contributed by atoms with Gasteiger partial charge in [-0.2, -0.15) is 8.42 Å². The molecular formula is C14H17N3O3S. The molecule has 6 nitrogen and oxygen atoms in total. The van der Waals surface area contributed by atoms with Crippen LogP contribution in [0.4, 0.5) is 0 Å². The van der Waals surface area contributed by atoms with Crippen LogP contribution in [0.5, 0.6) is 0 Å². The van der Waals surface area contributed by atoms with Crippen molar-refractivity contribution in [2.75, 3.05) is 13.6 Å². The predicted octanol–water partition coefficient (Wildman–Crippen LogP) is 0.880. The Balaban J connectivity index is 1.97. The van der Waals surface area contributed by atoms with Crippen molar-refractivity contribution in [2.24, 2.45) is 4.40 Å². The van der Waals surface area contributed by atoms with Crippen molar-refractivity contribution in [2.45, 2.75) is 13.3 Å². The fraction of sp³-hybridized carbons (Fsp3) is 0.286. The molecule has 1 aliphatic rings. The van der Waals surface area contributed by atoms with E-state index in [1.54, 1.807) is 0 Å². The Bertz CT molecular complexity index is 693. The Labute approximate surface area is 124 Å². The van der Waals surface area contributed by atoms with Crippen LogP contribution in [0.25, 0.3) is 0 Å². The minimum absolute atomic E-state index is 0.199. The second-order valence-corrected chi connectivity index (χ2v) is 6.36. The van der Waals surface area contributed by atoms with E-state index < -0.39 is 10.2 Å². The Hall–Kier alpha value is -2.15. The van der Waals surface area contributed by atoms with Crippen molar-refractivity contribution in [3.63, 3.8) is 0 Å². The number of hydrogen-bond acceptors (Lipinski definition) is 3. The second-order valence-electron chi connectivity index (χ2n) is 4.70. The molecule has 0 saturated carbocycles. The zero-order valence-corrected chi connectivity index (χ0v) is 12.7. The van der Waals surface area contributed by atoms with Crippen LogP contribution < -0.4 is 5.32 Å². The lowest BCUT2D eigenvalue weighted by molar-refractivity contribution is -0.117. The maximum absolute atomic E-state index is 12.1. The summed E-state index contributed by atoms with van der Waals surface area (Å²) in [6.45, 7) is 1.98. The van der Waals surface area contributed by atoms with E-state index in [0.717, 1.165) is 9.87 Å². The van der Waals surface area contributed by atoms with Crippen LogP contribution in [0.2, 0.25) is 0 Å². The van der Waals surface area contributed by atoms with E-state index in [4.69, 9.17) is 0 Å². The molecular weight excluding hydrogens is 290 g/mol. The summed E-state index contributed by atoms with van der Waals surface area (Å²) < 4.78 is 27.5. The van der Waals surface area contributed by atoms with Crippen LogP contribution in [0, 0.1) is 0 Å². The molecule has 0 atom stereocenters. The van der Waals surface area contributed by atoms with Crippen molar-refractivity contribution in [3.8, 4) is 0 Å². The topological polar surface area (TPSA) is 78.8 Å². The van der Waals surface area contributed by atoms with E-state index in [-0.39, 0.29) is 17.2 Å². The monoisotopic (exact) mass is 307 g/mol. The number of benzene rings is 1. The van der Waals surface area contributed by atoms with Gasteiger partial charge in [0.25, 0.3) is 5.91 Å². The van der Waals surface area contributed by atoms with Crippen molar-refractivity contribution >= 4 is 21.8 Å². The molecule has 1 amide bonds. The summed E-state index contributed by atoms with van der Waals surface area (Å²) in [5.74, 6) is -0.325. The first-order valence-electron chi connectivity index (χ1n) is 6.49. The Morgan fingerprint density at radius 3 is 2.62 bits per heavy atom. The first-order valence-corrected chi connectivity index (χ1v) is 7.89. The Kier molecular flexibility index (Phi) is 4.42. The smallest absolute Gasteiger partial charge is 0.344 e. The zero-order chi connectivity index (χ0) is 15.5. The van der Waals surface area contributed by atoms with Gasteiger partial charge in [-0.3, -0.25) is 9.10 Å². The van der Waals surface area contributed by atoms with Gasteiger partial charge in [-0.25, -0.2) is 0 Å². The van der Waals surface area contributed by atoms with E-state index in [1.807, 2.05) is 30.3 Å². The van der Waals surface area contributed by atoms with Crippen molar-refractivity contribution in [3.05, 3.63) is 47.7 Å². The predicted molar refractivity (Wildman–Crippen MR) is 81.0 cm³/mol. The summed E-state index contributed by atoms with van der Waals surface area (Å²) >= 11 is 0. The van der Waals surface area contributed by atoms with E-state index in [2.05, 4.69) is 9.71 Å². The molecule has 0 saturated heterocycles. The highest BCUT2D eigenvalue weighted by Gasteiger charge is 2.25. The molecule has 1 aromatic rings. The minimum Gasteiger partial charge on any atom is -0.352 e. The molecule has 1 aromatic carbocycles. The third kappa shape index (κ3) is 3.69. The molecule has 0 spiro atoms. The third-order valence-corrected chi connectivity index (χ3v) is 4.44. The lowest BCUT2D eigenvalue weighted by Gasteiger charge is -2.19. The van der Waals surface area contributed by atoms with Crippen molar-refractivity contribution in [1.29, 1.82) is 0 Å². The van der Waals surface area contributed by atoms with Gasteiger partial charge in [-0.15, -0.1) is 4.40 Å². The SMILES string of the molecule is CC1=NS(=O)(=O)N(C)C=C1C(=O)NCCc1ccccc1. The lowest BCUT2D eigenvalue weighted by atomic mass is 10.1. The molecule has 1 N–H and O–H groups in total. The number of hydrogen-bond donors (Lipinski definition) is 1. The van der Waals surface area contributed by atoms with Gasteiger partial charge in [0.2, 0.25) is 0 Å². The zero-order valence-electron chi connectivity index (χ0n) is 11.9. The third-order valence-electron chi connectivity index (χ3n) is 3.10. The maximum Gasteiger partial charge on any atom is 0.344 e. The second kappa shape index (κ2) is 6.09. The molecule has 21 heavy (non-hydrogen) atoms. The average Bonchev–Trinajstić information content (AvgIpc) is 2.43. The molecule has 2 rings (SSSR count). The first-order chi connectivity index (χ1) is 9.90. The molecule has 0 unspecified atom stereocenters. The summed E-state index contributed by atoms with van der Waals surface area (Å²) in [5, 5.41) is 2.77. The normalized spacial score (nSPS) is 17.0. The molecule has 112 valence electrons.